The Labute approximate surface area is 112 Å². The predicted octanol–water partition coefficient (Wildman–Crippen LogP) is 3.19. The fourth-order valence-corrected chi connectivity index (χ4v) is 3.49. The van der Waals surface area contributed by atoms with Crippen LogP contribution in [0.1, 0.15) is 33.4 Å². The van der Waals surface area contributed by atoms with Gasteiger partial charge < -0.3 is 4.90 Å². The van der Waals surface area contributed by atoms with E-state index in [1.54, 1.807) is 11.3 Å². The van der Waals surface area contributed by atoms with Crippen molar-refractivity contribution in [2.45, 2.75) is 51.0 Å². The van der Waals surface area contributed by atoms with E-state index in [4.69, 9.17) is 0 Å². The third-order valence-electron chi connectivity index (χ3n) is 2.32. The van der Waals surface area contributed by atoms with Crippen molar-refractivity contribution in [3.63, 3.8) is 0 Å². The van der Waals surface area contributed by atoms with Gasteiger partial charge in [0.25, 0.3) is 0 Å². The van der Waals surface area contributed by atoms with Crippen LogP contribution in [0.2, 0.25) is 0 Å². The van der Waals surface area contributed by atoms with Crippen molar-refractivity contribution in [3.8, 4) is 0 Å². The summed E-state index contributed by atoms with van der Waals surface area (Å²) in [5.41, 5.74) is 1.02. The summed E-state index contributed by atoms with van der Waals surface area (Å²) in [5, 5.41) is 2.01. The minimum absolute atomic E-state index is 0.188. The number of amides is 1. The van der Waals surface area contributed by atoms with Gasteiger partial charge in [0.1, 0.15) is 0 Å². The topological polar surface area (TPSA) is 33.2 Å². The summed E-state index contributed by atoms with van der Waals surface area (Å²) in [6.07, 6.45) is 0. The van der Waals surface area contributed by atoms with Gasteiger partial charge in [0.05, 0.1) is 5.75 Å². The van der Waals surface area contributed by atoms with Crippen molar-refractivity contribution in [2.24, 2.45) is 0 Å². The number of carbonyl (C=O) groups is 1. The van der Waals surface area contributed by atoms with Gasteiger partial charge in [-0.2, -0.15) is 0 Å². The third kappa shape index (κ3) is 4.32. The number of nitrogens with zero attached hydrogens (tertiary/aromatic N) is 2. The minimum atomic E-state index is 0.188. The van der Waals surface area contributed by atoms with Crippen molar-refractivity contribution >= 4 is 29.0 Å². The lowest BCUT2D eigenvalue weighted by Crippen LogP contribution is -2.43. The number of carbonyl (C=O) groups excluding carboxylic acids is 1. The Morgan fingerprint density at radius 1 is 1.41 bits per heavy atom. The molecular weight excluding hydrogens is 252 g/mol. The minimum Gasteiger partial charge on any atom is -0.337 e. The lowest BCUT2D eigenvalue weighted by atomic mass is 10.2. The summed E-state index contributed by atoms with van der Waals surface area (Å²) in [6, 6.07) is 0.502. The number of rotatable bonds is 5. The Kier molecular flexibility index (Phi) is 5.46. The second-order valence-corrected chi connectivity index (χ2v) is 6.61. The lowest BCUT2D eigenvalue weighted by Gasteiger charge is -2.30. The highest BCUT2D eigenvalue weighted by Crippen LogP contribution is 2.23. The van der Waals surface area contributed by atoms with Gasteiger partial charge in [0.2, 0.25) is 5.91 Å². The number of aromatic nitrogens is 1. The predicted molar refractivity (Wildman–Crippen MR) is 74.7 cm³/mol. The number of hydrogen-bond acceptors (Lipinski definition) is 4. The standard InChI is InChI=1S/C12H20N2OS2/c1-8(2)14(9(3)4)11(15)7-17-12-13-10(5)6-16-12/h6,8-9H,7H2,1-5H3. The molecule has 1 aromatic rings. The monoisotopic (exact) mass is 272 g/mol. The van der Waals surface area contributed by atoms with Gasteiger partial charge in [0, 0.05) is 23.2 Å². The molecule has 3 nitrogen and oxygen atoms in total. The highest BCUT2D eigenvalue weighted by molar-refractivity contribution is 8.01. The SMILES string of the molecule is Cc1csc(SCC(=O)N(C(C)C)C(C)C)n1. The number of thiazole rings is 1. The maximum absolute atomic E-state index is 12.1. The molecule has 0 radical (unpaired) electrons. The molecule has 1 amide bonds. The Bertz CT molecular complexity index is 366. The molecule has 0 spiro atoms. The van der Waals surface area contributed by atoms with Gasteiger partial charge in [-0.1, -0.05) is 11.8 Å². The zero-order valence-corrected chi connectivity index (χ0v) is 12.7. The first-order valence-electron chi connectivity index (χ1n) is 5.78. The fourth-order valence-electron chi connectivity index (χ4n) is 1.77. The van der Waals surface area contributed by atoms with Gasteiger partial charge in [-0.05, 0) is 34.6 Å². The zero-order chi connectivity index (χ0) is 13.0. The second-order valence-electron chi connectivity index (χ2n) is 4.53. The van der Waals surface area contributed by atoms with Crippen LogP contribution in [0.15, 0.2) is 9.72 Å². The molecule has 0 atom stereocenters. The molecule has 1 rings (SSSR count). The Hall–Kier alpha value is -0.550. The van der Waals surface area contributed by atoms with Gasteiger partial charge in [0.15, 0.2) is 4.34 Å². The molecular formula is C12H20N2OS2. The molecule has 0 aliphatic heterocycles. The van der Waals surface area contributed by atoms with Crippen LogP contribution >= 0.6 is 23.1 Å². The van der Waals surface area contributed by atoms with Crippen LogP contribution in [0, 0.1) is 6.92 Å². The normalized spacial score (nSPS) is 11.2. The van der Waals surface area contributed by atoms with Crippen molar-refractivity contribution in [1.82, 2.24) is 9.88 Å². The van der Waals surface area contributed by atoms with Crippen LogP contribution in [-0.2, 0) is 4.79 Å². The Balaban J connectivity index is 2.53. The van der Waals surface area contributed by atoms with E-state index in [-0.39, 0.29) is 18.0 Å². The third-order valence-corrected chi connectivity index (χ3v) is 4.44. The van der Waals surface area contributed by atoms with Crippen molar-refractivity contribution in [1.29, 1.82) is 0 Å². The molecule has 1 aromatic heterocycles. The molecule has 0 aliphatic rings. The molecule has 5 heteroatoms. The van der Waals surface area contributed by atoms with E-state index in [2.05, 4.69) is 32.7 Å². The summed E-state index contributed by atoms with van der Waals surface area (Å²) >= 11 is 3.13. The largest absolute Gasteiger partial charge is 0.337 e. The maximum Gasteiger partial charge on any atom is 0.233 e. The van der Waals surface area contributed by atoms with E-state index in [0.29, 0.717) is 5.75 Å². The van der Waals surface area contributed by atoms with E-state index in [1.807, 2.05) is 17.2 Å². The molecule has 0 fully saturated rings. The molecule has 0 aliphatic carbocycles. The number of thioether (sulfide) groups is 1. The van der Waals surface area contributed by atoms with E-state index < -0.39 is 0 Å². The average Bonchev–Trinajstić information content (AvgIpc) is 2.60. The van der Waals surface area contributed by atoms with Crippen LogP contribution in [0.4, 0.5) is 0 Å². The van der Waals surface area contributed by atoms with Crippen LogP contribution in [0.3, 0.4) is 0 Å². The second kappa shape index (κ2) is 6.40. The quantitative estimate of drug-likeness (QED) is 0.772. The molecule has 96 valence electrons. The molecule has 17 heavy (non-hydrogen) atoms. The summed E-state index contributed by atoms with van der Waals surface area (Å²) in [6.45, 7) is 10.2. The first-order chi connectivity index (χ1) is 7.91. The Morgan fingerprint density at radius 2 is 2.00 bits per heavy atom. The highest BCUT2D eigenvalue weighted by atomic mass is 32.2. The molecule has 1 heterocycles. The summed E-state index contributed by atoms with van der Waals surface area (Å²) in [4.78, 5) is 18.4. The molecule has 0 unspecified atom stereocenters. The van der Waals surface area contributed by atoms with E-state index in [1.165, 1.54) is 11.8 Å². The maximum atomic E-state index is 12.1. The van der Waals surface area contributed by atoms with Crippen LogP contribution in [0.5, 0.6) is 0 Å². The van der Waals surface area contributed by atoms with Crippen molar-refractivity contribution < 1.29 is 4.79 Å². The summed E-state index contributed by atoms with van der Waals surface area (Å²) in [5.74, 6) is 0.663. The lowest BCUT2D eigenvalue weighted by molar-refractivity contribution is -0.131. The van der Waals surface area contributed by atoms with Crippen molar-refractivity contribution in [3.05, 3.63) is 11.1 Å². The molecule has 0 N–H and O–H groups in total. The van der Waals surface area contributed by atoms with Gasteiger partial charge >= 0.3 is 0 Å². The highest BCUT2D eigenvalue weighted by Gasteiger charge is 2.20. The van der Waals surface area contributed by atoms with Crippen LogP contribution < -0.4 is 0 Å². The molecule has 0 saturated carbocycles. The Morgan fingerprint density at radius 3 is 2.41 bits per heavy atom. The summed E-state index contributed by atoms with van der Waals surface area (Å²) in [7, 11) is 0. The molecule has 0 aromatic carbocycles. The summed E-state index contributed by atoms with van der Waals surface area (Å²) < 4.78 is 0.975. The average molecular weight is 272 g/mol. The van der Waals surface area contributed by atoms with E-state index >= 15 is 0 Å². The van der Waals surface area contributed by atoms with Gasteiger partial charge in [-0.15, -0.1) is 11.3 Å². The molecule has 0 bridgehead atoms. The first kappa shape index (κ1) is 14.5. The van der Waals surface area contributed by atoms with Gasteiger partial charge in [-0.3, -0.25) is 4.79 Å². The van der Waals surface area contributed by atoms with E-state index in [9.17, 15) is 4.79 Å². The number of aryl methyl sites for hydroxylation is 1. The smallest absolute Gasteiger partial charge is 0.233 e. The number of hydrogen-bond donors (Lipinski definition) is 0. The van der Waals surface area contributed by atoms with E-state index in [0.717, 1.165) is 10.0 Å². The zero-order valence-electron chi connectivity index (χ0n) is 11.1. The first-order valence-corrected chi connectivity index (χ1v) is 7.64. The fraction of sp³-hybridized carbons (Fsp3) is 0.667. The van der Waals surface area contributed by atoms with Crippen molar-refractivity contribution in [2.75, 3.05) is 5.75 Å². The van der Waals surface area contributed by atoms with Crippen LogP contribution in [-0.4, -0.2) is 33.6 Å². The van der Waals surface area contributed by atoms with Crippen LogP contribution in [0.25, 0.3) is 0 Å². The van der Waals surface area contributed by atoms with Gasteiger partial charge in [-0.25, -0.2) is 4.98 Å². The molecule has 0 saturated heterocycles.